The van der Waals surface area contributed by atoms with Crippen molar-refractivity contribution in [1.29, 1.82) is 0 Å². The number of nitrogens with zero attached hydrogens (tertiary/aromatic N) is 2. The highest BCUT2D eigenvalue weighted by Gasteiger charge is 2.07. The van der Waals surface area contributed by atoms with Gasteiger partial charge >= 0.3 is 5.69 Å². The first-order chi connectivity index (χ1) is 6.56. The van der Waals surface area contributed by atoms with Crippen molar-refractivity contribution in [2.75, 3.05) is 0 Å². The van der Waals surface area contributed by atoms with Gasteiger partial charge in [-0.25, -0.2) is 8.88 Å². The van der Waals surface area contributed by atoms with Gasteiger partial charge in [0.2, 0.25) is 0 Å². The number of halogens is 1. The van der Waals surface area contributed by atoms with Crippen LogP contribution in [0.1, 0.15) is 20.3 Å². The highest BCUT2D eigenvalue weighted by Crippen LogP contribution is 2.01. The van der Waals surface area contributed by atoms with Crippen molar-refractivity contribution in [2.24, 2.45) is 5.92 Å². The summed E-state index contributed by atoms with van der Waals surface area (Å²) >= 11 is 5.56. The van der Waals surface area contributed by atoms with Crippen LogP contribution >= 0.6 is 11.8 Å². The number of hydrogen-bond acceptors (Lipinski definition) is 2. The maximum atomic E-state index is 11.4. The summed E-state index contributed by atoms with van der Waals surface area (Å²) in [5.74, 6) is 0.291. The van der Waals surface area contributed by atoms with Gasteiger partial charge < -0.3 is 0 Å². The largest absolute Gasteiger partial charge is 0.345 e. The van der Waals surface area contributed by atoms with Crippen molar-refractivity contribution in [3.8, 4) is 0 Å². The van der Waals surface area contributed by atoms with Crippen LogP contribution in [0.3, 0.4) is 0 Å². The predicted molar refractivity (Wildman–Crippen MR) is 55.7 cm³/mol. The molecule has 0 bridgehead atoms. The first-order valence-corrected chi connectivity index (χ1v) is 4.88. The Morgan fingerprint density at radius 1 is 1.50 bits per heavy atom. The Kier molecular flexibility index (Phi) is 3.52. The Morgan fingerprint density at radius 2 is 2.14 bits per heavy atom. The van der Waals surface area contributed by atoms with E-state index >= 15 is 0 Å². The molecule has 1 heterocycles. The highest BCUT2D eigenvalue weighted by molar-refractivity contribution is 6.15. The molecule has 0 aliphatic carbocycles. The molecule has 0 fully saturated rings. The van der Waals surface area contributed by atoms with Crippen LogP contribution in [0.25, 0.3) is 0 Å². The molecule has 0 saturated carbocycles. The van der Waals surface area contributed by atoms with Crippen molar-refractivity contribution in [2.45, 2.75) is 26.8 Å². The number of aromatic nitrogens is 2. The summed E-state index contributed by atoms with van der Waals surface area (Å²) in [7, 11) is 0. The molecule has 1 atom stereocenters. The molecule has 0 aliphatic rings. The van der Waals surface area contributed by atoms with Crippen molar-refractivity contribution in [3.05, 3.63) is 33.1 Å². The third kappa shape index (κ3) is 2.26. The second kappa shape index (κ2) is 4.46. The fraction of sp³-hybridized carbons (Fsp3) is 0.556. The van der Waals surface area contributed by atoms with E-state index in [0.717, 1.165) is 15.1 Å². The van der Waals surface area contributed by atoms with E-state index in [1.807, 2.05) is 13.8 Å². The minimum absolute atomic E-state index is 0.291. The second-order valence-corrected chi connectivity index (χ2v) is 3.74. The van der Waals surface area contributed by atoms with Gasteiger partial charge in [0.15, 0.2) is 0 Å². The lowest BCUT2D eigenvalue weighted by Gasteiger charge is -2.09. The lowest BCUT2D eigenvalue weighted by atomic mass is 10.1. The average Bonchev–Trinajstić information content (AvgIpc) is 2.18. The van der Waals surface area contributed by atoms with Crippen LogP contribution in [-0.4, -0.2) is 8.65 Å². The van der Waals surface area contributed by atoms with Gasteiger partial charge in [0, 0.05) is 30.6 Å². The van der Waals surface area contributed by atoms with Crippen molar-refractivity contribution >= 4 is 11.8 Å². The molecule has 1 rings (SSSR count). The smallest absolute Gasteiger partial charge is 0.269 e. The second-order valence-electron chi connectivity index (χ2n) is 3.37. The molecule has 1 aromatic rings. The third-order valence-electron chi connectivity index (χ3n) is 2.22. The van der Waals surface area contributed by atoms with Crippen LogP contribution in [0.2, 0.25) is 0 Å². The average molecular weight is 217 g/mol. The van der Waals surface area contributed by atoms with E-state index in [-0.39, 0.29) is 5.56 Å². The molecule has 1 aromatic heterocycles. The molecule has 5 heteroatoms. The van der Waals surface area contributed by atoms with E-state index in [0.29, 0.717) is 12.5 Å². The zero-order valence-electron chi connectivity index (χ0n) is 8.24. The molecule has 0 spiro atoms. The van der Waals surface area contributed by atoms with E-state index < -0.39 is 5.69 Å². The van der Waals surface area contributed by atoms with E-state index in [9.17, 15) is 9.59 Å². The zero-order chi connectivity index (χ0) is 10.7. The molecule has 0 aromatic carbocycles. The third-order valence-corrected chi connectivity index (χ3v) is 2.48. The standard InChI is InChI=1S/C9H13ClN2O2/c1-3-7(2)6-11-8(13)4-5-12(10)9(11)14/h4-5,7H,3,6H2,1-2H3. The van der Waals surface area contributed by atoms with Crippen LogP contribution in [0, 0.1) is 5.92 Å². The molecule has 0 N–H and O–H groups in total. The van der Waals surface area contributed by atoms with Gasteiger partial charge in [-0.15, -0.1) is 0 Å². The molecule has 14 heavy (non-hydrogen) atoms. The maximum Gasteiger partial charge on any atom is 0.345 e. The first-order valence-electron chi connectivity index (χ1n) is 4.55. The van der Waals surface area contributed by atoms with E-state index in [2.05, 4.69) is 0 Å². The predicted octanol–water partition coefficient (Wildman–Crippen LogP) is 1.06. The van der Waals surface area contributed by atoms with Crippen LogP contribution < -0.4 is 11.2 Å². The SMILES string of the molecule is CCC(C)Cn1c(=O)ccn(Cl)c1=O. The summed E-state index contributed by atoms with van der Waals surface area (Å²) in [4.78, 5) is 22.8. The van der Waals surface area contributed by atoms with Gasteiger partial charge in [-0.3, -0.25) is 9.36 Å². The molecular weight excluding hydrogens is 204 g/mol. The van der Waals surface area contributed by atoms with Gasteiger partial charge in [-0.05, 0) is 5.92 Å². The molecule has 0 radical (unpaired) electrons. The molecule has 1 unspecified atom stereocenters. The van der Waals surface area contributed by atoms with E-state index in [4.69, 9.17) is 11.8 Å². The summed E-state index contributed by atoms with van der Waals surface area (Å²) in [5, 5.41) is 0. The molecule has 0 aliphatic heterocycles. The topological polar surface area (TPSA) is 44.0 Å². The summed E-state index contributed by atoms with van der Waals surface area (Å²) < 4.78 is 2.05. The molecule has 0 amide bonds. The Morgan fingerprint density at radius 3 is 2.71 bits per heavy atom. The molecular formula is C9H13ClN2O2. The number of rotatable bonds is 3. The van der Waals surface area contributed by atoms with Crippen LogP contribution in [0.5, 0.6) is 0 Å². The van der Waals surface area contributed by atoms with Crippen LogP contribution in [0.4, 0.5) is 0 Å². The fourth-order valence-corrected chi connectivity index (χ4v) is 1.25. The van der Waals surface area contributed by atoms with Crippen LogP contribution in [0.15, 0.2) is 21.9 Å². The Labute approximate surface area is 86.9 Å². The molecule has 0 saturated heterocycles. The van der Waals surface area contributed by atoms with Gasteiger partial charge in [0.05, 0.1) is 0 Å². The van der Waals surface area contributed by atoms with Crippen molar-refractivity contribution in [1.82, 2.24) is 8.65 Å². The summed E-state index contributed by atoms with van der Waals surface area (Å²) in [6, 6.07) is 1.29. The molecule has 78 valence electrons. The van der Waals surface area contributed by atoms with Crippen LogP contribution in [-0.2, 0) is 6.54 Å². The van der Waals surface area contributed by atoms with E-state index in [1.165, 1.54) is 12.3 Å². The Balaban J connectivity index is 3.14. The summed E-state index contributed by atoms with van der Waals surface area (Å²) in [6.07, 6.45) is 2.18. The lowest BCUT2D eigenvalue weighted by molar-refractivity contribution is 0.444. The summed E-state index contributed by atoms with van der Waals surface area (Å²) in [6.45, 7) is 4.41. The zero-order valence-corrected chi connectivity index (χ0v) is 8.99. The van der Waals surface area contributed by atoms with Crippen molar-refractivity contribution < 1.29 is 0 Å². The van der Waals surface area contributed by atoms with Gasteiger partial charge in [-0.1, -0.05) is 20.3 Å². The van der Waals surface area contributed by atoms with E-state index in [1.54, 1.807) is 0 Å². The lowest BCUT2D eigenvalue weighted by Crippen LogP contribution is -2.38. The van der Waals surface area contributed by atoms with Gasteiger partial charge in [0.1, 0.15) is 0 Å². The number of hydrogen-bond donors (Lipinski definition) is 0. The van der Waals surface area contributed by atoms with Gasteiger partial charge in [-0.2, -0.15) is 0 Å². The summed E-state index contributed by atoms with van der Waals surface area (Å²) in [5.41, 5.74) is -0.772. The quantitative estimate of drug-likeness (QED) is 0.759. The Hall–Kier alpha value is -1.03. The normalized spacial score (nSPS) is 12.8. The van der Waals surface area contributed by atoms with Crippen molar-refractivity contribution in [3.63, 3.8) is 0 Å². The monoisotopic (exact) mass is 216 g/mol. The molecule has 4 nitrogen and oxygen atoms in total. The minimum Gasteiger partial charge on any atom is -0.269 e. The fourth-order valence-electron chi connectivity index (χ4n) is 1.10. The first kappa shape index (κ1) is 11.0. The minimum atomic E-state index is -0.473. The Bertz CT molecular complexity index is 422. The van der Waals surface area contributed by atoms with Gasteiger partial charge in [0.25, 0.3) is 5.56 Å². The maximum absolute atomic E-state index is 11.4. The highest BCUT2D eigenvalue weighted by atomic mass is 35.5.